The van der Waals surface area contributed by atoms with Crippen molar-refractivity contribution in [1.82, 2.24) is 10.3 Å². The molecular formula is C14H16N2OS. The van der Waals surface area contributed by atoms with Crippen LogP contribution < -0.4 is 5.32 Å². The Morgan fingerprint density at radius 3 is 2.72 bits per heavy atom. The SMILES string of the molecule is CCCNC(=O)c1nc(C)sc1-c1ccccc1. The van der Waals surface area contributed by atoms with Crippen LogP contribution in [0, 0.1) is 6.92 Å². The minimum absolute atomic E-state index is 0.0833. The van der Waals surface area contributed by atoms with Gasteiger partial charge in [-0.3, -0.25) is 4.79 Å². The predicted molar refractivity (Wildman–Crippen MR) is 74.9 cm³/mol. The Morgan fingerprint density at radius 1 is 1.33 bits per heavy atom. The summed E-state index contributed by atoms with van der Waals surface area (Å²) >= 11 is 1.56. The van der Waals surface area contributed by atoms with Crippen molar-refractivity contribution in [1.29, 1.82) is 0 Å². The van der Waals surface area contributed by atoms with Crippen molar-refractivity contribution in [3.63, 3.8) is 0 Å². The van der Waals surface area contributed by atoms with E-state index in [9.17, 15) is 4.79 Å². The number of hydrogen-bond donors (Lipinski definition) is 1. The van der Waals surface area contributed by atoms with Gasteiger partial charge in [-0.25, -0.2) is 4.98 Å². The molecule has 18 heavy (non-hydrogen) atoms. The molecule has 0 saturated heterocycles. The largest absolute Gasteiger partial charge is 0.351 e. The van der Waals surface area contributed by atoms with Gasteiger partial charge in [0.1, 0.15) is 5.69 Å². The highest BCUT2D eigenvalue weighted by Crippen LogP contribution is 2.29. The first-order chi connectivity index (χ1) is 8.72. The molecule has 0 radical (unpaired) electrons. The molecule has 3 nitrogen and oxygen atoms in total. The lowest BCUT2D eigenvalue weighted by Gasteiger charge is -2.03. The van der Waals surface area contributed by atoms with Crippen LogP contribution in [0.5, 0.6) is 0 Å². The van der Waals surface area contributed by atoms with Crippen LogP contribution in [0.4, 0.5) is 0 Å². The van der Waals surface area contributed by atoms with E-state index in [0.29, 0.717) is 12.2 Å². The van der Waals surface area contributed by atoms with E-state index in [0.717, 1.165) is 21.9 Å². The van der Waals surface area contributed by atoms with Crippen molar-refractivity contribution in [3.8, 4) is 10.4 Å². The van der Waals surface area contributed by atoms with Gasteiger partial charge in [0.25, 0.3) is 5.91 Å². The van der Waals surface area contributed by atoms with Gasteiger partial charge in [-0.15, -0.1) is 11.3 Å². The molecule has 1 amide bonds. The predicted octanol–water partition coefficient (Wildman–Crippen LogP) is 3.26. The van der Waals surface area contributed by atoms with E-state index >= 15 is 0 Å². The molecule has 4 heteroatoms. The van der Waals surface area contributed by atoms with Crippen LogP contribution in [0.15, 0.2) is 30.3 Å². The first-order valence-electron chi connectivity index (χ1n) is 6.03. The van der Waals surface area contributed by atoms with Crippen molar-refractivity contribution in [2.75, 3.05) is 6.54 Å². The minimum Gasteiger partial charge on any atom is -0.351 e. The number of benzene rings is 1. The van der Waals surface area contributed by atoms with Gasteiger partial charge in [-0.05, 0) is 18.9 Å². The Morgan fingerprint density at radius 2 is 2.06 bits per heavy atom. The molecule has 0 aliphatic heterocycles. The summed E-state index contributed by atoms with van der Waals surface area (Å²) in [6, 6.07) is 9.91. The molecule has 1 N–H and O–H groups in total. The summed E-state index contributed by atoms with van der Waals surface area (Å²) in [5.74, 6) is -0.0833. The molecule has 1 aromatic carbocycles. The summed E-state index contributed by atoms with van der Waals surface area (Å²) in [5.41, 5.74) is 1.59. The number of thiazole rings is 1. The maximum Gasteiger partial charge on any atom is 0.271 e. The standard InChI is InChI=1S/C14H16N2OS/c1-3-9-15-14(17)12-13(18-10(2)16-12)11-7-5-4-6-8-11/h4-8H,3,9H2,1-2H3,(H,15,17). The van der Waals surface area contributed by atoms with Gasteiger partial charge in [0.05, 0.1) is 9.88 Å². The molecule has 0 atom stereocenters. The number of carbonyl (C=O) groups excluding carboxylic acids is 1. The summed E-state index contributed by atoms with van der Waals surface area (Å²) < 4.78 is 0. The normalized spacial score (nSPS) is 10.3. The minimum atomic E-state index is -0.0833. The Hall–Kier alpha value is -1.68. The van der Waals surface area contributed by atoms with Crippen molar-refractivity contribution < 1.29 is 4.79 Å². The number of aromatic nitrogens is 1. The van der Waals surface area contributed by atoms with Crippen molar-refractivity contribution in [2.45, 2.75) is 20.3 Å². The molecule has 1 aromatic heterocycles. The molecule has 0 bridgehead atoms. The fraction of sp³-hybridized carbons (Fsp3) is 0.286. The molecule has 0 unspecified atom stereocenters. The van der Waals surface area contributed by atoms with Crippen LogP contribution in [0.1, 0.15) is 28.8 Å². The summed E-state index contributed by atoms with van der Waals surface area (Å²) in [6.07, 6.45) is 0.926. The van der Waals surface area contributed by atoms with Gasteiger partial charge in [-0.1, -0.05) is 37.3 Å². The average Bonchev–Trinajstić information content (AvgIpc) is 2.79. The summed E-state index contributed by atoms with van der Waals surface area (Å²) in [7, 11) is 0. The van der Waals surface area contributed by atoms with Crippen LogP contribution in [0.2, 0.25) is 0 Å². The number of rotatable bonds is 4. The van der Waals surface area contributed by atoms with E-state index in [-0.39, 0.29) is 5.91 Å². The number of aryl methyl sites for hydroxylation is 1. The second kappa shape index (κ2) is 5.78. The number of nitrogens with zero attached hydrogens (tertiary/aromatic N) is 1. The highest BCUT2D eigenvalue weighted by atomic mass is 32.1. The average molecular weight is 260 g/mol. The molecule has 2 aromatic rings. The smallest absolute Gasteiger partial charge is 0.271 e. The molecular weight excluding hydrogens is 244 g/mol. The third kappa shape index (κ3) is 2.76. The van der Waals surface area contributed by atoms with Gasteiger partial charge < -0.3 is 5.32 Å². The zero-order valence-corrected chi connectivity index (χ0v) is 11.4. The van der Waals surface area contributed by atoms with Gasteiger partial charge in [-0.2, -0.15) is 0 Å². The number of amides is 1. The second-order valence-electron chi connectivity index (χ2n) is 4.03. The monoisotopic (exact) mass is 260 g/mol. The van der Waals surface area contributed by atoms with E-state index in [1.807, 2.05) is 44.2 Å². The molecule has 0 saturated carbocycles. The van der Waals surface area contributed by atoms with Crippen molar-refractivity contribution in [3.05, 3.63) is 41.0 Å². The van der Waals surface area contributed by atoms with Crippen LogP contribution in [-0.2, 0) is 0 Å². The quantitative estimate of drug-likeness (QED) is 0.916. The van der Waals surface area contributed by atoms with Crippen molar-refractivity contribution in [2.24, 2.45) is 0 Å². The van der Waals surface area contributed by atoms with Gasteiger partial charge >= 0.3 is 0 Å². The molecule has 0 aliphatic carbocycles. The number of carbonyl (C=O) groups is 1. The highest BCUT2D eigenvalue weighted by molar-refractivity contribution is 7.15. The van der Waals surface area contributed by atoms with Gasteiger partial charge in [0.2, 0.25) is 0 Å². The number of nitrogens with one attached hydrogen (secondary N) is 1. The number of hydrogen-bond acceptors (Lipinski definition) is 3. The fourth-order valence-corrected chi connectivity index (χ4v) is 2.61. The van der Waals surface area contributed by atoms with Crippen molar-refractivity contribution >= 4 is 17.2 Å². The summed E-state index contributed by atoms with van der Waals surface area (Å²) in [5, 5.41) is 3.79. The summed E-state index contributed by atoms with van der Waals surface area (Å²) in [6.45, 7) is 4.64. The lowest BCUT2D eigenvalue weighted by molar-refractivity contribution is 0.0950. The molecule has 2 rings (SSSR count). The molecule has 1 heterocycles. The lowest BCUT2D eigenvalue weighted by Crippen LogP contribution is -2.24. The van der Waals surface area contributed by atoms with E-state index in [2.05, 4.69) is 10.3 Å². The Balaban J connectivity index is 2.34. The first kappa shape index (κ1) is 12.8. The molecule has 0 fully saturated rings. The Labute approximate surface area is 111 Å². The van der Waals surface area contributed by atoms with Gasteiger partial charge in [0.15, 0.2) is 0 Å². The van der Waals surface area contributed by atoms with Crippen LogP contribution in [-0.4, -0.2) is 17.4 Å². The third-order valence-electron chi connectivity index (χ3n) is 2.52. The van der Waals surface area contributed by atoms with E-state index < -0.39 is 0 Å². The van der Waals surface area contributed by atoms with Crippen LogP contribution >= 0.6 is 11.3 Å². The maximum absolute atomic E-state index is 12.0. The van der Waals surface area contributed by atoms with E-state index in [4.69, 9.17) is 0 Å². The van der Waals surface area contributed by atoms with Gasteiger partial charge in [0, 0.05) is 6.54 Å². The maximum atomic E-state index is 12.0. The van der Waals surface area contributed by atoms with E-state index in [1.165, 1.54) is 0 Å². The van der Waals surface area contributed by atoms with E-state index in [1.54, 1.807) is 11.3 Å². The topological polar surface area (TPSA) is 42.0 Å². The Bertz CT molecular complexity index is 534. The first-order valence-corrected chi connectivity index (χ1v) is 6.85. The zero-order valence-electron chi connectivity index (χ0n) is 10.6. The fourth-order valence-electron chi connectivity index (χ4n) is 1.69. The van der Waals surface area contributed by atoms with Crippen LogP contribution in [0.3, 0.4) is 0 Å². The molecule has 94 valence electrons. The Kier molecular flexibility index (Phi) is 4.10. The summed E-state index contributed by atoms with van der Waals surface area (Å²) in [4.78, 5) is 17.3. The highest BCUT2D eigenvalue weighted by Gasteiger charge is 2.17. The van der Waals surface area contributed by atoms with Crippen LogP contribution in [0.25, 0.3) is 10.4 Å². The second-order valence-corrected chi connectivity index (χ2v) is 5.24. The zero-order chi connectivity index (χ0) is 13.0. The lowest BCUT2D eigenvalue weighted by atomic mass is 10.1. The molecule has 0 aliphatic rings. The third-order valence-corrected chi connectivity index (χ3v) is 3.54. The molecule has 0 spiro atoms.